The van der Waals surface area contributed by atoms with Gasteiger partial charge in [-0.05, 0) is 37.6 Å². The number of ketones is 1. The Morgan fingerprint density at radius 3 is 2.53 bits per heavy atom. The minimum absolute atomic E-state index is 0.217. The van der Waals surface area contributed by atoms with Crippen molar-refractivity contribution in [3.05, 3.63) is 41.5 Å². The molecule has 0 aliphatic rings. The van der Waals surface area contributed by atoms with E-state index in [9.17, 15) is 9.59 Å². The van der Waals surface area contributed by atoms with E-state index >= 15 is 0 Å². The highest BCUT2D eigenvalue weighted by molar-refractivity contribution is 6.14. The maximum Gasteiger partial charge on any atom is 0.338 e. The topological polar surface area (TPSA) is 69.4 Å². The van der Waals surface area contributed by atoms with Crippen LogP contribution in [0.25, 0.3) is 0 Å². The lowest BCUT2D eigenvalue weighted by Gasteiger charge is -2.08. The Hall–Kier alpha value is -2.10. The normalized spacial score (nSPS) is 9.76. The molecule has 0 unspecified atom stereocenters. The molecule has 0 atom stereocenters. The number of esters is 1. The van der Waals surface area contributed by atoms with E-state index in [-0.39, 0.29) is 23.5 Å². The minimum atomic E-state index is -0.530. The summed E-state index contributed by atoms with van der Waals surface area (Å²) in [5.74, 6) is -0.836. The van der Waals surface area contributed by atoms with Crippen molar-refractivity contribution in [2.24, 2.45) is 0 Å². The number of carbonyl (C=O) groups is 2. The van der Waals surface area contributed by atoms with Gasteiger partial charge in [-0.15, -0.1) is 0 Å². The summed E-state index contributed by atoms with van der Waals surface area (Å²) in [6.45, 7) is 7.11. The number of allylic oxidation sites excluding steroid dienone is 1. The second kappa shape index (κ2) is 5.30. The molecule has 0 aliphatic carbocycles. The van der Waals surface area contributed by atoms with Gasteiger partial charge in [-0.25, -0.2) is 4.79 Å². The molecule has 2 N–H and O–H groups in total. The zero-order valence-corrected chi connectivity index (χ0v) is 9.95. The molecule has 17 heavy (non-hydrogen) atoms. The number of rotatable bonds is 4. The van der Waals surface area contributed by atoms with Gasteiger partial charge in [0.2, 0.25) is 0 Å². The van der Waals surface area contributed by atoms with Gasteiger partial charge in [-0.2, -0.15) is 0 Å². The molecule has 4 heteroatoms. The van der Waals surface area contributed by atoms with E-state index in [1.54, 1.807) is 19.9 Å². The highest BCUT2D eigenvalue weighted by Crippen LogP contribution is 2.18. The lowest BCUT2D eigenvalue weighted by atomic mass is 9.99. The van der Waals surface area contributed by atoms with Crippen LogP contribution in [0.4, 0.5) is 5.69 Å². The fraction of sp³-hybridized carbons (Fsp3) is 0.231. The number of nitrogens with two attached hydrogens (primary N) is 1. The van der Waals surface area contributed by atoms with Crippen molar-refractivity contribution in [1.29, 1.82) is 0 Å². The Morgan fingerprint density at radius 1 is 1.35 bits per heavy atom. The largest absolute Gasteiger partial charge is 0.462 e. The van der Waals surface area contributed by atoms with Crippen molar-refractivity contribution >= 4 is 17.4 Å². The van der Waals surface area contributed by atoms with Gasteiger partial charge in [-0.1, -0.05) is 6.58 Å². The summed E-state index contributed by atoms with van der Waals surface area (Å²) in [5.41, 5.74) is 6.82. The second-order valence-corrected chi connectivity index (χ2v) is 3.63. The van der Waals surface area contributed by atoms with E-state index in [4.69, 9.17) is 10.5 Å². The molecule has 0 bridgehead atoms. The monoisotopic (exact) mass is 233 g/mol. The van der Waals surface area contributed by atoms with Gasteiger partial charge in [0, 0.05) is 11.3 Å². The van der Waals surface area contributed by atoms with Crippen molar-refractivity contribution in [1.82, 2.24) is 0 Å². The number of anilines is 1. The first-order valence-electron chi connectivity index (χ1n) is 5.24. The number of benzene rings is 1. The average molecular weight is 233 g/mol. The third kappa shape index (κ3) is 2.93. The van der Waals surface area contributed by atoms with E-state index < -0.39 is 5.97 Å². The van der Waals surface area contributed by atoms with Gasteiger partial charge in [0.15, 0.2) is 5.78 Å². The molecule has 0 aliphatic heterocycles. The maximum absolute atomic E-state index is 11.9. The van der Waals surface area contributed by atoms with E-state index in [1.165, 1.54) is 12.1 Å². The molecule has 4 nitrogen and oxygen atoms in total. The number of carbonyl (C=O) groups excluding carboxylic acids is 2. The highest BCUT2D eigenvalue weighted by atomic mass is 16.5. The molecule has 0 saturated carbocycles. The lowest BCUT2D eigenvalue weighted by Crippen LogP contribution is -2.12. The summed E-state index contributed by atoms with van der Waals surface area (Å²) in [6, 6.07) is 4.51. The number of nitrogen functional groups attached to an aromatic ring is 1. The van der Waals surface area contributed by atoms with Crippen LogP contribution >= 0.6 is 0 Å². The SMILES string of the molecule is C=C(C)C(=O)c1cc(N)ccc1C(=O)OCC. The molecule has 0 heterocycles. The third-order valence-electron chi connectivity index (χ3n) is 2.17. The number of hydrogen-bond donors (Lipinski definition) is 1. The van der Waals surface area contributed by atoms with Crippen molar-refractivity contribution in [3.63, 3.8) is 0 Å². The van der Waals surface area contributed by atoms with Gasteiger partial charge in [0.1, 0.15) is 0 Å². The van der Waals surface area contributed by atoms with Gasteiger partial charge in [-0.3, -0.25) is 4.79 Å². The van der Waals surface area contributed by atoms with E-state index in [2.05, 4.69) is 6.58 Å². The lowest BCUT2D eigenvalue weighted by molar-refractivity contribution is 0.0523. The highest BCUT2D eigenvalue weighted by Gasteiger charge is 2.18. The van der Waals surface area contributed by atoms with Crippen LogP contribution in [0.1, 0.15) is 34.6 Å². The molecule has 0 saturated heterocycles. The number of ether oxygens (including phenoxy) is 1. The quantitative estimate of drug-likeness (QED) is 0.374. The average Bonchev–Trinajstić information content (AvgIpc) is 2.28. The van der Waals surface area contributed by atoms with E-state index in [0.29, 0.717) is 11.3 Å². The second-order valence-electron chi connectivity index (χ2n) is 3.63. The van der Waals surface area contributed by atoms with E-state index in [0.717, 1.165) is 0 Å². The molecule has 0 amide bonds. The zero-order valence-electron chi connectivity index (χ0n) is 9.95. The molecule has 1 aromatic rings. The fourth-order valence-electron chi connectivity index (χ4n) is 1.37. The van der Waals surface area contributed by atoms with Crippen LogP contribution in [0.2, 0.25) is 0 Å². The molecule has 0 radical (unpaired) electrons. The van der Waals surface area contributed by atoms with Crippen molar-refractivity contribution in [2.75, 3.05) is 12.3 Å². The molecular formula is C13H15NO3. The first-order valence-corrected chi connectivity index (χ1v) is 5.24. The molecule has 0 aromatic heterocycles. The summed E-state index contributed by atoms with van der Waals surface area (Å²) in [7, 11) is 0. The standard InChI is InChI=1S/C13H15NO3/c1-4-17-13(16)10-6-5-9(14)7-11(10)12(15)8(2)3/h5-7H,2,4,14H2,1,3H3. The van der Waals surface area contributed by atoms with Crippen LogP contribution in [0.5, 0.6) is 0 Å². The van der Waals surface area contributed by atoms with Gasteiger partial charge < -0.3 is 10.5 Å². The molecule has 1 rings (SSSR count). The van der Waals surface area contributed by atoms with Gasteiger partial charge in [0.05, 0.1) is 12.2 Å². The summed E-state index contributed by atoms with van der Waals surface area (Å²) < 4.78 is 4.88. The molecule has 0 fully saturated rings. The van der Waals surface area contributed by atoms with Gasteiger partial charge in [0.25, 0.3) is 0 Å². The van der Waals surface area contributed by atoms with E-state index in [1.807, 2.05) is 0 Å². The van der Waals surface area contributed by atoms with Crippen LogP contribution in [-0.4, -0.2) is 18.4 Å². The molecule has 90 valence electrons. The van der Waals surface area contributed by atoms with Crippen molar-refractivity contribution in [3.8, 4) is 0 Å². The molecular weight excluding hydrogens is 218 g/mol. The van der Waals surface area contributed by atoms with Crippen molar-refractivity contribution < 1.29 is 14.3 Å². The fourth-order valence-corrected chi connectivity index (χ4v) is 1.37. The predicted molar refractivity (Wildman–Crippen MR) is 66.0 cm³/mol. The van der Waals surface area contributed by atoms with Crippen LogP contribution in [0.3, 0.4) is 0 Å². The van der Waals surface area contributed by atoms with Crippen LogP contribution in [0, 0.1) is 0 Å². The Balaban J connectivity index is 3.26. The van der Waals surface area contributed by atoms with Crippen molar-refractivity contribution in [2.45, 2.75) is 13.8 Å². The number of Topliss-reactive ketones (excluding diaryl/α,β-unsaturated/α-hetero) is 1. The smallest absolute Gasteiger partial charge is 0.338 e. The summed E-state index contributed by atoms with van der Waals surface area (Å²) in [6.07, 6.45) is 0. The summed E-state index contributed by atoms with van der Waals surface area (Å²) >= 11 is 0. The van der Waals surface area contributed by atoms with Crippen LogP contribution < -0.4 is 5.73 Å². The summed E-state index contributed by atoms with van der Waals surface area (Å²) in [4.78, 5) is 23.5. The predicted octanol–water partition coefficient (Wildman–Crippen LogP) is 2.20. The van der Waals surface area contributed by atoms with Crippen LogP contribution in [-0.2, 0) is 4.74 Å². The number of hydrogen-bond acceptors (Lipinski definition) is 4. The molecule has 1 aromatic carbocycles. The first kappa shape index (κ1) is 13.0. The van der Waals surface area contributed by atoms with Gasteiger partial charge >= 0.3 is 5.97 Å². The Morgan fingerprint density at radius 2 is 2.00 bits per heavy atom. The van der Waals surface area contributed by atoms with Crippen LogP contribution in [0.15, 0.2) is 30.4 Å². The Bertz CT molecular complexity index is 478. The maximum atomic E-state index is 11.9. The zero-order chi connectivity index (χ0) is 13.0. The Labute approximate surface area is 100 Å². The molecule has 0 spiro atoms. The Kier molecular flexibility index (Phi) is 4.04. The third-order valence-corrected chi connectivity index (χ3v) is 2.17. The summed E-state index contributed by atoms with van der Waals surface area (Å²) in [5, 5.41) is 0. The first-order chi connectivity index (χ1) is 7.97. The minimum Gasteiger partial charge on any atom is -0.462 e.